The van der Waals surface area contributed by atoms with Crippen molar-refractivity contribution in [2.45, 2.75) is 31.6 Å². The van der Waals surface area contributed by atoms with E-state index in [1.54, 1.807) is 0 Å². The van der Waals surface area contributed by atoms with E-state index < -0.39 is 0 Å². The van der Waals surface area contributed by atoms with Gasteiger partial charge in [0, 0.05) is 14.2 Å². The molecule has 2 aliphatic rings. The predicted molar refractivity (Wildman–Crippen MR) is 69.7 cm³/mol. The summed E-state index contributed by atoms with van der Waals surface area (Å²) in [6.45, 7) is 2.15. The molecule has 0 saturated heterocycles. The van der Waals surface area contributed by atoms with Crippen LogP contribution in [0.3, 0.4) is 0 Å². The number of halogens is 2. The van der Waals surface area contributed by atoms with E-state index in [9.17, 15) is 0 Å². The van der Waals surface area contributed by atoms with Crippen LogP contribution < -0.4 is 0 Å². The van der Waals surface area contributed by atoms with Gasteiger partial charge in [-0.3, -0.25) is 0 Å². The summed E-state index contributed by atoms with van der Waals surface area (Å²) in [5.41, 5.74) is 0. The highest BCUT2D eigenvalue weighted by Crippen LogP contribution is 2.58. The second-order valence-electron chi connectivity index (χ2n) is 4.94. The molecular weight excluding hydrogens is 292 g/mol. The van der Waals surface area contributed by atoms with E-state index in [4.69, 9.17) is 11.6 Å². The molecule has 0 nitrogen and oxygen atoms in total. The molecule has 3 unspecified atom stereocenters. The molecule has 3 heteroatoms. The number of hydrogen-bond acceptors (Lipinski definition) is 1. The van der Waals surface area contributed by atoms with Crippen LogP contribution in [0.15, 0.2) is 10.5 Å². The molecule has 0 aliphatic heterocycles. The quantitative estimate of drug-likeness (QED) is 0.663. The summed E-state index contributed by atoms with van der Waals surface area (Å²) < 4.78 is 1.22. The summed E-state index contributed by atoms with van der Waals surface area (Å²) in [7, 11) is 0. The fourth-order valence-electron chi connectivity index (χ4n) is 2.85. The van der Waals surface area contributed by atoms with Crippen molar-refractivity contribution < 1.29 is 0 Å². The van der Waals surface area contributed by atoms with Crippen LogP contribution in [-0.4, -0.2) is 0 Å². The standard InChI is InChI=1S/C12H14BrClS/c1-6-10(13)5-11(15-6)12(14)9-3-7-2-8(7)4-9/h5,7-9,12H,2-4H2,1H3. The van der Waals surface area contributed by atoms with Crippen LogP contribution in [0.25, 0.3) is 0 Å². The molecule has 2 aliphatic carbocycles. The van der Waals surface area contributed by atoms with Crippen molar-refractivity contribution in [3.05, 3.63) is 20.3 Å². The molecule has 0 N–H and O–H groups in total. The van der Waals surface area contributed by atoms with E-state index in [2.05, 4.69) is 28.9 Å². The summed E-state index contributed by atoms with van der Waals surface area (Å²) in [4.78, 5) is 2.70. The second-order valence-corrected chi connectivity index (χ2v) is 7.55. The van der Waals surface area contributed by atoms with E-state index in [-0.39, 0.29) is 5.38 Å². The first kappa shape index (κ1) is 10.6. The van der Waals surface area contributed by atoms with Gasteiger partial charge in [0.15, 0.2) is 0 Å². The normalized spacial score (nSPS) is 35.3. The molecule has 1 aromatic rings. The molecule has 15 heavy (non-hydrogen) atoms. The van der Waals surface area contributed by atoms with Crippen LogP contribution in [0.5, 0.6) is 0 Å². The van der Waals surface area contributed by atoms with Crippen molar-refractivity contribution >= 4 is 38.9 Å². The van der Waals surface area contributed by atoms with Gasteiger partial charge in [-0.05, 0) is 65.9 Å². The summed E-state index contributed by atoms with van der Waals surface area (Å²) in [5, 5.41) is 0.257. The van der Waals surface area contributed by atoms with Crippen molar-refractivity contribution in [1.82, 2.24) is 0 Å². The highest BCUT2D eigenvalue weighted by Gasteiger charge is 2.47. The molecule has 1 aromatic heterocycles. The van der Waals surface area contributed by atoms with Gasteiger partial charge in [0.1, 0.15) is 0 Å². The number of aryl methyl sites for hydroxylation is 1. The Labute approximate surface area is 108 Å². The molecular formula is C12H14BrClS. The highest BCUT2D eigenvalue weighted by molar-refractivity contribution is 9.10. The fraction of sp³-hybridized carbons (Fsp3) is 0.667. The monoisotopic (exact) mass is 304 g/mol. The molecule has 82 valence electrons. The zero-order valence-corrected chi connectivity index (χ0v) is 11.8. The third-order valence-corrected chi connectivity index (χ3v) is 6.78. The van der Waals surface area contributed by atoms with Crippen LogP contribution in [-0.2, 0) is 0 Å². The Morgan fingerprint density at radius 1 is 1.40 bits per heavy atom. The first-order valence-corrected chi connectivity index (χ1v) is 7.59. The minimum absolute atomic E-state index is 0.257. The van der Waals surface area contributed by atoms with Crippen LogP contribution in [0, 0.1) is 24.7 Å². The second kappa shape index (κ2) is 3.75. The first-order chi connectivity index (χ1) is 7.15. The fourth-order valence-corrected chi connectivity index (χ4v) is 4.89. The molecule has 2 fully saturated rings. The largest absolute Gasteiger partial charge is 0.143 e. The highest BCUT2D eigenvalue weighted by atomic mass is 79.9. The molecule has 3 rings (SSSR count). The molecule has 0 amide bonds. The third kappa shape index (κ3) is 1.89. The Morgan fingerprint density at radius 2 is 2.07 bits per heavy atom. The zero-order chi connectivity index (χ0) is 10.6. The molecule has 0 bridgehead atoms. The van der Waals surface area contributed by atoms with E-state index >= 15 is 0 Å². The Balaban J connectivity index is 1.76. The maximum absolute atomic E-state index is 6.57. The van der Waals surface area contributed by atoms with Crippen LogP contribution in [0.4, 0.5) is 0 Å². The lowest BCUT2D eigenvalue weighted by molar-refractivity contribution is 0.475. The van der Waals surface area contributed by atoms with Gasteiger partial charge in [0.2, 0.25) is 0 Å². The minimum Gasteiger partial charge on any atom is -0.143 e. The molecule has 0 radical (unpaired) electrons. The van der Waals surface area contributed by atoms with Crippen LogP contribution in [0.2, 0.25) is 0 Å². The van der Waals surface area contributed by atoms with E-state index in [0.717, 1.165) is 17.8 Å². The van der Waals surface area contributed by atoms with Crippen LogP contribution >= 0.6 is 38.9 Å². The van der Waals surface area contributed by atoms with Gasteiger partial charge in [-0.15, -0.1) is 22.9 Å². The van der Waals surface area contributed by atoms with Crippen molar-refractivity contribution in [2.24, 2.45) is 17.8 Å². The number of rotatable bonds is 2. The van der Waals surface area contributed by atoms with Crippen molar-refractivity contribution in [3.8, 4) is 0 Å². The van der Waals surface area contributed by atoms with Gasteiger partial charge in [-0.2, -0.15) is 0 Å². The van der Waals surface area contributed by atoms with E-state index in [1.807, 2.05) is 11.3 Å². The summed E-state index contributed by atoms with van der Waals surface area (Å²) in [6.07, 6.45) is 4.22. The van der Waals surface area contributed by atoms with Crippen molar-refractivity contribution in [1.29, 1.82) is 0 Å². The Kier molecular flexibility index (Phi) is 2.65. The van der Waals surface area contributed by atoms with E-state index in [1.165, 1.54) is 33.5 Å². The Bertz CT molecular complexity index is 357. The van der Waals surface area contributed by atoms with Crippen molar-refractivity contribution in [3.63, 3.8) is 0 Å². The van der Waals surface area contributed by atoms with Gasteiger partial charge >= 0.3 is 0 Å². The molecule has 2 saturated carbocycles. The Morgan fingerprint density at radius 3 is 2.60 bits per heavy atom. The summed E-state index contributed by atoms with van der Waals surface area (Å²) >= 11 is 12.0. The summed E-state index contributed by atoms with van der Waals surface area (Å²) in [6, 6.07) is 2.21. The molecule has 0 spiro atoms. The van der Waals surface area contributed by atoms with Gasteiger partial charge in [-0.1, -0.05) is 0 Å². The first-order valence-electron chi connectivity index (χ1n) is 5.55. The predicted octanol–water partition coefficient (Wildman–Crippen LogP) is 5.15. The number of thiophene rings is 1. The number of alkyl halides is 1. The summed E-state index contributed by atoms with van der Waals surface area (Å²) in [5.74, 6) is 2.79. The number of hydrogen-bond donors (Lipinski definition) is 0. The molecule has 3 atom stereocenters. The van der Waals surface area contributed by atoms with Gasteiger partial charge < -0.3 is 0 Å². The third-order valence-electron chi connectivity index (χ3n) is 3.84. The molecule has 0 aromatic carbocycles. The van der Waals surface area contributed by atoms with Gasteiger partial charge in [-0.25, -0.2) is 0 Å². The van der Waals surface area contributed by atoms with Gasteiger partial charge in [0.05, 0.1) is 5.38 Å². The number of fused-ring (bicyclic) bond motifs is 1. The maximum atomic E-state index is 6.57. The average molecular weight is 306 g/mol. The lowest BCUT2D eigenvalue weighted by atomic mass is 9.98. The van der Waals surface area contributed by atoms with Crippen molar-refractivity contribution in [2.75, 3.05) is 0 Å². The maximum Gasteiger partial charge on any atom is 0.0707 e. The van der Waals surface area contributed by atoms with Gasteiger partial charge in [0.25, 0.3) is 0 Å². The molecule has 1 heterocycles. The average Bonchev–Trinajstić information content (AvgIpc) is 2.66. The topological polar surface area (TPSA) is 0 Å². The smallest absolute Gasteiger partial charge is 0.0707 e. The Hall–Kier alpha value is 0.470. The lowest BCUT2D eigenvalue weighted by Gasteiger charge is -2.16. The lowest BCUT2D eigenvalue weighted by Crippen LogP contribution is -2.04. The minimum atomic E-state index is 0.257. The zero-order valence-electron chi connectivity index (χ0n) is 8.67. The van der Waals surface area contributed by atoms with Crippen LogP contribution in [0.1, 0.15) is 34.4 Å². The SMILES string of the molecule is Cc1sc(C(Cl)C2CC3CC3C2)cc1Br. The van der Waals surface area contributed by atoms with E-state index in [0.29, 0.717) is 0 Å².